The van der Waals surface area contributed by atoms with E-state index in [1.165, 1.54) is 19.2 Å². The van der Waals surface area contributed by atoms with Crippen LogP contribution in [0.5, 0.6) is 0 Å². The molecule has 0 bridgehead atoms. The second-order valence-corrected chi connectivity index (χ2v) is 10.8. The summed E-state index contributed by atoms with van der Waals surface area (Å²) in [6, 6.07) is 10.7. The molecule has 0 fully saturated rings. The molecule has 0 aliphatic carbocycles. The summed E-state index contributed by atoms with van der Waals surface area (Å²) in [6.07, 6.45) is -4.50. The number of carbonyl (C=O) groups excluding carboxylic acids is 5. The van der Waals surface area contributed by atoms with E-state index in [4.69, 9.17) is 23.5 Å². The quantitative estimate of drug-likeness (QED) is 0.141. The molecule has 3 rings (SSSR count). The molecule has 15 heteroatoms. The number of ketones is 1. The maximum Gasteiger partial charge on any atom is 0.303 e. The Morgan fingerprint density at radius 1 is 0.909 bits per heavy atom. The summed E-state index contributed by atoms with van der Waals surface area (Å²) in [6.45, 7) is 5.55. The third-order valence-corrected chi connectivity index (χ3v) is 6.99. The molecule has 5 unspecified atom stereocenters. The van der Waals surface area contributed by atoms with Crippen molar-refractivity contribution in [2.75, 3.05) is 18.5 Å². The Hall–Kier alpha value is -4.63. The summed E-state index contributed by atoms with van der Waals surface area (Å²) in [7, 11) is 0. The first-order chi connectivity index (χ1) is 20.8. The zero-order chi connectivity index (χ0) is 32.4. The zero-order valence-electron chi connectivity index (χ0n) is 24.7. The smallest absolute Gasteiger partial charge is 0.303 e. The number of hydrogen-bond donors (Lipinski definition) is 2. The van der Waals surface area contributed by atoms with E-state index in [0.29, 0.717) is 5.69 Å². The number of hydrogen-bond acceptors (Lipinski definition) is 15. The van der Waals surface area contributed by atoms with E-state index in [0.717, 1.165) is 37.7 Å². The number of benzene rings is 1. The average molecular weight is 632 g/mol. The number of esters is 4. The van der Waals surface area contributed by atoms with Crippen molar-refractivity contribution in [1.29, 1.82) is 0 Å². The van der Waals surface area contributed by atoms with Crippen molar-refractivity contribution in [2.45, 2.75) is 59.0 Å². The SMILES string of the molecule is CC(=O)OCC(C)C(OC(C)=O)C(OC(C)=O)C(OC(C)=O)C(O)CNc1ncc(C(=O)c2cc(-c3ccccc3)no2)s1. The summed E-state index contributed by atoms with van der Waals surface area (Å²) in [4.78, 5) is 64.7. The Morgan fingerprint density at radius 2 is 1.52 bits per heavy atom. The fourth-order valence-electron chi connectivity index (χ4n) is 4.13. The minimum atomic E-state index is -1.53. The molecule has 44 heavy (non-hydrogen) atoms. The van der Waals surface area contributed by atoms with Crippen molar-refractivity contribution in [2.24, 2.45) is 5.92 Å². The number of nitrogens with zero attached hydrogens (tertiary/aromatic N) is 2. The van der Waals surface area contributed by atoms with E-state index in [9.17, 15) is 29.1 Å². The number of aliphatic hydroxyl groups is 1. The van der Waals surface area contributed by atoms with Crippen molar-refractivity contribution in [3.8, 4) is 11.3 Å². The number of ether oxygens (including phenoxy) is 4. The zero-order valence-corrected chi connectivity index (χ0v) is 25.5. The predicted molar refractivity (Wildman–Crippen MR) is 154 cm³/mol. The molecule has 0 aliphatic heterocycles. The van der Waals surface area contributed by atoms with Crippen molar-refractivity contribution < 1.29 is 52.5 Å². The third kappa shape index (κ3) is 9.70. The van der Waals surface area contributed by atoms with Crippen molar-refractivity contribution >= 4 is 46.1 Å². The van der Waals surface area contributed by atoms with E-state index in [2.05, 4.69) is 15.5 Å². The number of rotatable bonds is 15. The molecule has 14 nitrogen and oxygen atoms in total. The number of anilines is 1. The normalized spacial score (nSPS) is 14.3. The summed E-state index contributed by atoms with van der Waals surface area (Å²) in [5, 5.41) is 18.2. The molecule has 2 N–H and O–H groups in total. The first-order valence-corrected chi connectivity index (χ1v) is 14.3. The lowest BCUT2D eigenvalue weighted by Crippen LogP contribution is -2.54. The monoisotopic (exact) mass is 631 g/mol. The topological polar surface area (TPSA) is 193 Å². The van der Waals surface area contributed by atoms with E-state index >= 15 is 0 Å². The molecule has 0 saturated carbocycles. The van der Waals surface area contributed by atoms with Gasteiger partial charge in [-0.15, -0.1) is 0 Å². The molecule has 2 heterocycles. The lowest BCUT2D eigenvalue weighted by molar-refractivity contribution is -0.198. The molecule has 2 aromatic heterocycles. The first-order valence-electron chi connectivity index (χ1n) is 13.4. The molecular formula is C29H33N3O11S. The van der Waals surface area contributed by atoms with Gasteiger partial charge in [-0.2, -0.15) is 0 Å². The molecular weight excluding hydrogens is 598 g/mol. The van der Waals surface area contributed by atoms with Crippen LogP contribution in [0, 0.1) is 5.92 Å². The lowest BCUT2D eigenvalue weighted by Gasteiger charge is -2.36. The van der Waals surface area contributed by atoms with Gasteiger partial charge >= 0.3 is 23.9 Å². The maximum absolute atomic E-state index is 13.0. The molecule has 5 atom stereocenters. The third-order valence-electron chi connectivity index (χ3n) is 6.04. The Morgan fingerprint density at radius 3 is 2.14 bits per heavy atom. The van der Waals surface area contributed by atoms with Gasteiger partial charge in [0.1, 0.15) is 22.8 Å². The van der Waals surface area contributed by atoms with E-state index in [1.807, 2.05) is 30.3 Å². The summed E-state index contributed by atoms with van der Waals surface area (Å²) >= 11 is 0.975. The van der Waals surface area contributed by atoms with Gasteiger partial charge in [0.25, 0.3) is 0 Å². The Balaban J connectivity index is 1.77. The molecule has 236 valence electrons. The van der Waals surface area contributed by atoms with Crippen LogP contribution in [-0.2, 0) is 38.1 Å². The second kappa shape index (κ2) is 15.7. The van der Waals surface area contributed by atoms with E-state index in [1.54, 1.807) is 6.92 Å². The lowest BCUT2D eigenvalue weighted by atomic mass is 9.93. The standard InChI is InChI=1S/C29H33N3O11S/c1-15(14-39-16(2)33)26(40-17(3)34)28(42-19(5)36)27(41-18(4)35)22(37)12-30-29-31-13-24(44-29)25(38)23-11-21(32-43-23)20-9-7-6-8-10-20/h6-11,13,15,22,26-28,37H,12,14H2,1-5H3,(H,30,31). The number of aliphatic hydroxyl groups excluding tert-OH is 1. The largest absolute Gasteiger partial charge is 0.465 e. The minimum absolute atomic E-state index is 0.0117. The van der Waals surface area contributed by atoms with E-state index < -0.39 is 60.0 Å². The van der Waals surface area contributed by atoms with Crippen LogP contribution in [0.15, 0.2) is 47.1 Å². The van der Waals surface area contributed by atoms with Gasteiger partial charge in [0, 0.05) is 51.8 Å². The van der Waals surface area contributed by atoms with Crippen LogP contribution in [0.2, 0.25) is 0 Å². The number of aromatic nitrogens is 2. The highest BCUT2D eigenvalue weighted by Gasteiger charge is 2.43. The Labute approximate surface area is 256 Å². The van der Waals surface area contributed by atoms with Gasteiger partial charge in [-0.25, -0.2) is 4.98 Å². The molecule has 3 aromatic rings. The van der Waals surface area contributed by atoms with E-state index in [-0.39, 0.29) is 28.9 Å². The summed E-state index contributed by atoms with van der Waals surface area (Å²) in [5.41, 5.74) is 1.27. The van der Waals surface area contributed by atoms with Gasteiger partial charge in [0.05, 0.1) is 12.8 Å². The average Bonchev–Trinajstić information content (AvgIpc) is 3.66. The first kappa shape index (κ1) is 33.9. The molecule has 0 saturated heterocycles. The highest BCUT2D eigenvalue weighted by molar-refractivity contribution is 7.17. The van der Waals surface area contributed by atoms with Crippen LogP contribution in [0.3, 0.4) is 0 Å². The van der Waals surface area contributed by atoms with Crippen LogP contribution in [0.25, 0.3) is 11.3 Å². The van der Waals surface area contributed by atoms with Gasteiger partial charge in [-0.1, -0.05) is 53.7 Å². The van der Waals surface area contributed by atoms with Crippen LogP contribution >= 0.6 is 11.3 Å². The van der Waals surface area contributed by atoms with Gasteiger partial charge in [-0.3, -0.25) is 24.0 Å². The number of carbonyl (C=O) groups is 5. The van der Waals surface area contributed by atoms with Crippen molar-refractivity contribution in [3.63, 3.8) is 0 Å². The molecule has 0 radical (unpaired) electrons. The fourth-order valence-corrected chi connectivity index (χ4v) is 4.90. The van der Waals surface area contributed by atoms with Crippen LogP contribution in [-0.4, -0.2) is 82.5 Å². The Bertz CT molecular complexity index is 1460. The van der Waals surface area contributed by atoms with Crippen molar-refractivity contribution in [3.05, 3.63) is 53.2 Å². The highest BCUT2D eigenvalue weighted by atomic mass is 32.1. The van der Waals surface area contributed by atoms with Gasteiger partial charge < -0.3 is 33.9 Å². The van der Waals surface area contributed by atoms with Crippen LogP contribution in [0.1, 0.15) is 50.1 Å². The van der Waals surface area contributed by atoms with Gasteiger partial charge in [0.15, 0.2) is 17.3 Å². The Kier molecular flexibility index (Phi) is 12.1. The minimum Gasteiger partial charge on any atom is -0.465 e. The summed E-state index contributed by atoms with van der Waals surface area (Å²) in [5.74, 6) is -4.15. The van der Waals surface area contributed by atoms with Crippen LogP contribution in [0.4, 0.5) is 5.13 Å². The predicted octanol–water partition coefficient (Wildman–Crippen LogP) is 2.80. The molecule has 0 spiro atoms. The second-order valence-electron chi connectivity index (χ2n) is 9.75. The maximum atomic E-state index is 13.0. The molecule has 0 amide bonds. The number of nitrogens with one attached hydrogen (secondary N) is 1. The van der Waals surface area contributed by atoms with Gasteiger partial charge in [-0.05, 0) is 0 Å². The van der Waals surface area contributed by atoms with Crippen LogP contribution < -0.4 is 5.32 Å². The fraction of sp³-hybridized carbons (Fsp3) is 0.414. The summed E-state index contributed by atoms with van der Waals surface area (Å²) < 4.78 is 26.4. The molecule has 0 aliphatic rings. The number of thiazole rings is 1. The van der Waals surface area contributed by atoms with Gasteiger partial charge in [0.2, 0.25) is 11.5 Å². The highest BCUT2D eigenvalue weighted by Crippen LogP contribution is 2.26. The molecule has 1 aromatic carbocycles. The van der Waals surface area contributed by atoms with Crippen molar-refractivity contribution in [1.82, 2.24) is 10.1 Å².